The molecule has 7 nitrogen and oxygen atoms in total. The summed E-state index contributed by atoms with van der Waals surface area (Å²) in [6, 6.07) is 12.6. The predicted octanol–water partition coefficient (Wildman–Crippen LogP) is 2.81. The van der Waals surface area contributed by atoms with Crippen LogP contribution in [0.4, 0.5) is 4.39 Å². The molecule has 3 amide bonds. The number of rotatable bonds is 8. The third-order valence-corrected chi connectivity index (χ3v) is 6.66. The van der Waals surface area contributed by atoms with E-state index in [1.165, 1.54) is 12.1 Å². The van der Waals surface area contributed by atoms with Crippen LogP contribution in [-0.2, 0) is 20.9 Å². The lowest BCUT2D eigenvalue weighted by Crippen LogP contribution is -2.46. The molecule has 0 aromatic heterocycles. The van der Waals surface area contributed by atoms with Crippen LogP contribution in [0.3, 0.4) is 0 Å². The van der Waals surface area contributed by atoms with Crippen molar-refractivity contribution >= 4 is 17.7 Å². The Balaban J connectivity index is 1.28. The van der Waals surface area contributed by atoms with Gasteiger partial charge in [0.05, 0.1) is 12.6 Å². The molecule has 2 fully saturated rings. The molecule has 1 N–H and O–H groups in total. The van der Waals surface area contributed by atoms with Gasteiger partial charge >= 0.3 is 0 Å². The van der Waals surface area contributed by atoms with Crippen molar-refractivity contribution in [2.45, 2.75) is 50.4 Å². The van der Waals surface area contributed by atoms with Crippen molar-refractivity contribution in [1.29, 1.82) is 0 Å². The summed E-state index contributed by atoms with van der Waals surface area (Å²) in [5, 5.41) is 2.76. The Morgan fingerprint density at radius 2 is 1.94 bits per heavy atom. The summed E-state index contributed by atoms with van der Waals surface area (Å²) in [5.74, 6) is -1.12. The minimum atomic E-state index is -0.723. The van der Waals surface area contributed by atoms with Gasteiger partial charge in [-0.3, -0.25) is 14.4 Å². The van der Waals surface area contributed by atoms with E-state index in [0.717, 1.165) is 25.7 Å². The Morgan fingerprint density at radius 1 is 1.12 bits per heavy atom. The molecule has 0 bridgehead atoms. The van der Waals surface area contributed by atoms with Crippen LogP contribution in [-0.4, -0.2) is 59.4 Å². The Kier molecular flexibility index (Phi) is 6.32. The Hall–Kier alpha value is -3.26. The maximum atomic E-state index is 13.7. The van der Waals surface area contributed by atoms with Gasteiger partial charge in [0.1, 0.15) is 11.9 Å². The fraction of sp³-hybridized carbons (Fsp3) is 0.423. The van der Waals surface area contributed by atoms with E-state index < -0.39 is 6.04 Å². The highest BCUT2D eigenvalue weighted by atomic mass is 19.1. The molecule has 2 aromatic rings. The largest absolute Gasteiger partial charge is 0.376 e. The lowest BCUT2D eigenvalue weighted by Gasteiger charge is -2.27. The minimum absolute atomic E-state index is 0.0651. The number of hydrogen-bond donors (Lipinski definition) is 1. The molecule has 2 unspecified atom stereocenters. The Labute approximate surface area is 197 Å². The van der Waals surface area contributed by atoms with E-state index in [2.05, 4.69) is 5.32 Å². The Morgan fingerprint density at radius 3 is 2.68 bits per heavy atom. The summed E-state index contributed by atoms with van der Waals surface area (Å²) in [6.07, 6.45) is 3.49. The molecule has 34 heavy (non-hydrogen) atoms. The van der Waals surface area contributed by atoms with E-state index in [-0.39, 0.29) is 48.8 Å². The maximum Gasteiger partial charge on any atom is 0.255 e. The standard InChI is InChI=1S/C26H28FN3O4/c27-18-6-3-5-17(13-18)15-29(16-20-7-4-12-34-20)23(31)14-28-25(32)24-21-8-1-2-9-22(21)26(33)30(24)19-10-11-19/h1-3,5-6,8-9,13,19-20,24H,4,7,10-12,14-16H2,(H,28,32). The first-order chi connectivity index (χ1) is 16.5. The van der Waals surface area contributed by atoms with Gasteiger partial charge in [-0.2, -0.15) is 0 Å². The van der Waals surface area contributed by atoms with Crippen molar-refractivity contribution in [1.82, 2.24) is 15.1 Å². The van der Waals surface area contributed by atoms with Gasteiger partial charge in [-0.05, 0) is 55.0 Å². The van der Waals surface area contributed by atoms with Gasteiger partial charge in [0.25, 0.3) is 5.91 Å². The highest BCUT2D eigenvalue weighted by Crippen LogP contribution is 2.41. The fourth-order valence-electron chi connectivity index (χ4n) is 4.85. The number of hydrogen-bond acceptors (Lipinski definition) is 4. The van der Waals surface area contributed by atoms with E-state index in [9.17, 15) is 18.8 Å². The highest BCUT2D eigenvalue weighted by molar-refractivity contribution is 6.05. The summed E-state index contributed by atoms with van der Waals surface area (Å²) < 4.78 is 19.4. The van der Waals surface area contributed by atoms with Gasteiger partial charge in [-0.15, -0.1) is 0 Å². The number of carbonyl (C=O) groups excluding carboxylic acids is 3. The number of ether oxygens (including phenoxy) is 1. The first-order valence-corrected chi connectivity index (χ1v) is 11.8. The molecule has 178 valence electrons. The molecule has 2 atom stereocenters. The van der Waals surface area contributed by atoms with Crippen LogP contribution in [0.15, 0.2) is 48.5 Å². The van der Waals surface area contributed by atoms with Crippen molar-refractivity contribution in [2.24, 2.45) is 0 Å². The fourth-order valence-corrected chi connectivity index (χ4v) is 4.85. The minimum Gasteiger partial charge on any atom is -0.376 e. The van der Waals surface area contributed by atoms with E-state index in [0.29, 0.717) is 29.8 Å². The summed E-state index contributed by atoms with van der Waals surface area (Å²) in [4.78, 5) is 42.5. The molecule has 1 aliphatic carbocycles. The van der Waals surface area contributed by atoms with Gasteiger partial charge in [-0.1, -0.05) is 30.3 Å². The third-order valence-electron chi connectivity index (χ3n) is 6.66. The molecule has 3 aliphatic rings. The zero-order valence-corrected chi connectivity index (χ0v) is 18.9. The van der Waals surface area contributed by atoms with Crippen LogP contribution >= 0.6 is 0 Å². The topological polar surface area (TPSA) is 79.0 Å². The predicted molar refractivity (Wildman–Crippen MR) is 122 cm³/mol. The smallest absolute Gasteiger partial charge is 0.255 e. The van der Waals surface area contributed by atoms with Gasteiger partial charge in [0.15, 0.2) is 0 Å². The lowest BCUT2D eigenvalue weighted by atomic mass is 10.0. The molecule has 1 saturated carbocycles. The lowest BCUT2D eigenvalue weighted by molar-refractivity contribution is -0.135. The van der Waals surface area contributed by atoms with Crippen molar-refractivity contribution in [3.63, 3.8) is 0 Å². The first-order valence-electron chi connectivity index (χ1n) is 11.8. The number of amides is 3. The van der Waals surface area contributed by atoms with Crippen molar-refractivity contribution in [2.75, 3.05) is 19.7 Å². The van der Waals surface area contributed by atoms with E-state index >= 15 is 0 Å². The normalized spacial score (nSPS) is 21.4. The van der Waals surface area contributed by atoms with Gasteiger partial charge < -0.3 is 19.9 Å². The van der Waals surface area contributed by atoms with Crippen molar-refractivity contribution in [3.05, 3.63) is 71.0 Å². The van der Waals surface area contributed by atoms with Crippen LogP contribution < -0.4 is 5.32 Å². The number of halogens is 1. The number of nitrogens with one attached hydrogen (secondary N) is 1. The third kappa shape index (κ3) is 4.68. The average Bonchev–Trinajstić information content (AvgIpc) is 3.45. The number of benzene rings is 2. The average molecular weight is 466 g/mol. The van der Waals surface area contributed by atoms with Gasteiger partial charge in [0.2, 0.25) is 11.8 Å². The molecular formula is C26H28FN3O4. The maximum absolute atomic E-state index is 13.7. The molecule has 8 heteroatoms. The van der Waals surface area contributed by atoms with Crippen LogP contribution in [0, 0.1) is 5.82 Å². The second-order valence-electron chi connectivity index (χ2n) is 9.19. The molecule has 2 aromatic carbocycles. The van der Waals surface area contributed by atoms with Crippen LogP contribution in [0.25, 0.3) is 0 Å². The molecule has 0 radical (unpaired) electrons. The van der Waals surface area contributed by atoms with E-state index in [1.54, 1.807) is 40.1 Å². The highest BCUT2D eigenvalue weighted by Gasteiger charge is 2.47. The van der Waals surface area contributed by atoms with Crippen molar-refractivity contribution in [3.8, 4) is 0 Å². The van der Waals surface area contributed by atoms with Crippen LogP contribution in [0.2, 0.25) is 0 Å². The molecule has 2 heterocycles. The monoisotopic (exact) mass is 465 g/mol. The quantitative estimate of drug-likeness (QED) is 0.650. The zero-order valence-electron chi connectivity index (χ0n) is 18.9. The van der Waals surface area contributed by atoms with Gasteiger partial charge in [-0.25, -0.2) is 4.39 Å². The van der Waals surface area contributed by atoms with Crippen molar-refractivity contribution < 1.29 is 23.5 Å². The molecule has 2 aliphatic heterocycles. The molecular weight excluding hydrogens is 437 g/mol. The Bertz CT molecular complexity index is 1100. The number of fused-ring (bicyclic) bond motifs is 1. The van der Waals surface area contributed by atoms with Gasteiger partial charge in [0, 0.05) is 31.3 Å². The summed E-state index contributed by atoms with van der Waals surface area (Å²) >= 11 is 0. The second kappa shape index (κ2) is 9.54. The first kappa shape index (κ1) is 22.5. The SMILES string of the molecule is O=C(NCC(=O)N(Cc1cccc(F)c1)CC1CCCO1)C1c2ccccc2C(=O)N1C1CC1. The van der Waals surface area contributed by atoms with E-state index in [4.69, 9.17) is 4.74 Å². The number of nitrogens with zero attached hydrogens (tertiary/aromatic N) is 2. The molecule has 0 spiro atoms. The van der Waals surface area contributed by atoms with E-state index in [1.807, 2.05) is 6.07 Å². The summed E-state index contributed by atoms with van der Waals surface area (Å²) in [5.41, 5.74) is 1.90. The van der Waals surface area contributed by atoms with Crippen LogP contribution in [0.1, 0.15) is 53.2 Å². The zero-order chi connectivity index (χ0) is 23.7. The second-order valence-corrected chi connectivity index (χ2v) is 9.19. The summed E-state index contributed by atoms with van der Waals surface area (Å²) in [6.45, 7) is 1.07. The molecule has 1 saturated heterocycles. The van der Waals surface area contributed by atoms with Crippen LogP contribution in [0.5, 0.6) is 0 Å². The number of carbonyl (C=O) groups is 3. The summed E-state index contributed by atoms with van der Waals surface area (Å²) in [7, 11) is 0. The molecule has 5 rings (SSSR count).